The number of carbonyl (C=O) groups excluding carboxylic acids is 2. The summed E-state index contributed by atoms with van der Waals surface area (Å²) < 4.78 is 45.4. The molecule has 9 heteroatoms. The van der Waals surface area contributed by atoms with Crippen LogP contribution in [0.5, 0.6) is 0 Å². The van der Waals surface area contributed by atoms with E-state index in [1.54, 1.807) is 60.7 Å². The van der Waals surface area contributed by atoms with Crippen LogP contribution in [0.2, 0.25) is 0 Å². The zero-order valence-corrected chi connectivity index (χ0v) is 19.7. The minimum Gasteiger partial charge on any atom is -0.464 e. The third kappa shape index (κ3) is 5.66. The van der Waals surface area contributed by atoms with Crippen molar-refractivity contribution in [3.63, 3.8) is 0 Å². The summed E-state index contributed by atoms with van der Waals surface area (Å²) in [5, 5.41) is 4.15. The van der Waals surface area contributed by atoms with Crippen LogP contribution in [0, 0.1) is 0 Å². The third-order valence-corrected chi connectivity index (χ3v) is 5.71. The van der Waals surface area contributed by atoms with Crippen LogP contribution >= 0.6 is 0 Å². The third-order valence-electron chi connectivity index (χ3n) is 5.71. The maximum Gasteiger partial charge on any atom is 0.416 e. The van der Waals surface area contributed by atoms with Gasteiger partial charge in [0.15, 0.2) is 5.78 Å². The number of halogens is 3. The van der Waals surface area contributed by atoms with Crippen LogP contribution in [0.1, 0.15) is 43.2 Å². The molecule has 0 radical (unpaired) electrons. The SMILES string of the molecule is COC(=O)c1nn(-c2ccc(C(F)(F)F)cc2)c(Cc2ccccc2)c(C(=O)Cc2ccccc2)c1=O. The van der Waals surface area contributed by atoms with Gasteiger partial charge in [-0.25, -0.2) is 9.48 Å². The average Bonchev–Trinajstić information content (AvgIpc) is 2.89. The summed E-state index contributed by atoms with van der Waals surface area (Å²) in [5.74, 6) is -1.62. The standard InChI is InChI=1S/C28H21F3N2O4/c1-37-27(36)25-26(35)24(23(34)17-19-10-6-3-7-11-19)22(16-18-8-4-2-5-9-18)33(32-25)21-14-12-20(13-15-21)28(29,30)31/h2-15H,16-17H2,1H3. The van der Waals surface area contributed by atoms with Gasteiger partial charge in [-0.15, -0.1) is 0 Å². The van der Waals surface area contributed by atoms with Gasteiger partial charge in [-0.1, -0.05) is 60.7 Å². The average molecular weight is 506 g/mol. The molecule has 4 aromatic rings. The van der Waals surface area contributed by atoms with Crippen molar-refractivity contribution in [2.75, 3.05) is 7.11 Å². The number of Topliss-reactive ketones (excluding diaryl/α,β-unsaturated/α-hetero) is 1. The number of hydrogen-bond acceptors (Lipinski definition) is 5. The Labute approximate surface area is 210 Å². The molecule has 0 fully saturated rings. The molecule has 0 saturated heterocycles. The highest BCUT2D eigenvalue weighted by molar-refractivity contribution is 6.00. The fourth-order valence-corrected chi connectivity index (χ4v) is 3.91. The van der Waals surface area contributed by atoms with Crippen molar-refractivity contribution in [2.45, 2.75) is 19.0 Å². The number of nitrogens with zero attached hydrogens (tertiary/aromatic N) is 2. The molecular formula is C28H21F3N2O4. The van der Waals surface area contributed by atoms with Crippen molar-refractivity contribution >= 4 is 11.8 Å². The molecule has 6 nitrogen and oxygen atoms in total. The van der Waals surface area contributed by atoms with E-state index in [1.165, 1.54) is 16.8 Å². The highest BCUT2D eigenvalue weighted by Crippen LogP contribution is 2.30. The largest absolute Gasteiger partial charge is 0.464 e. The Morgan fingerprint density at radius 2 is 1.43 bits per heavy atom. The van der Waals surface area contributed by atoms with Crippen molar-refractivity contribution in [1.29, 1.82) is 0 Å². The number of methoxy groups -OCH3 is 1. The molecule has 0 amide bonds. The topological polar surface area (TPSA) is 78.3 Å². The van der Waals surface area contributed by atoms with E-state index in [0.717, 1.165) is 24.8 Å². The van der Waals surface area contributed by atoms with E-state index in [4.69, 9.17) is 4.74 Å². The summed E-state index contributed by atoms with van der Waals surface area (Å²) in [6.07, 6.45) is -4.63. The molecule has 0 unspecified atom stereocenters. The van der Waals surface area contributed by atoms with Gasteiger partial charge in [-0.05, 0) is 35.4 Å². The second kappa shape index (κ2) is 10.6. The summed E-state index contributed by atoms with van der Waals surface area (Å²) in [4.78, 5) is 39.4. The van der Waals surface area contributed by atoms with E-state index in [1.807, 2.05) is 0 Å². The van der Waals surface area contributed by atoms with Crippen LogP contribution in [-0.4, -0.2) is 28.6 Å². The van der Waals surface area contributed by atoms with Crippen LogP contribution in [0.15, 0.2) is 89.7 Å². The molecule has 0 aliphatic rings. The summed E-state index contributed by atoms with van der Waals surface area (Å²) in [6.45, 7) is 0. The second-order valence-electron chi connectivity index (χ2n) is 8.20. The van der Waals surface area contributed by atoms with Crippen LogP contribution in [0.25, 0.3) is 5.69 Å². The number of aromatic nitrogens is 2. The van der Waals surface area contributed by atoms with Crippen LogP contribution < -0.4 is 5.43 Å². The molecule has 0 aliphatic carbocycles. The highest BCUT2D eigenvalue weighted by Gasteiger charge is 2.31. The fourth-order valence-electron chi connectivity index (χ4n) is 3.91. The Kier molecular flexibility index (Phi) is 7.33. The maximum atomic E-state index is 13.5. The summed E-state index contributed by atoms with van der Waals surface area (Å²) >= 11 is 0. The molecule has 1 aromatic heterocycles. The van der Waals surface area contributed by atoms with Crippen molar-refractivity contribution < 1.29 is 27.5 Å². The number of esters is 1. The predicted octanol–water partition coefficient (Wildman–Crippen LogP) is 5.05. The molecule has 0 aliphatic heterocycles. The normalized spacial score (nSPS) is 11.2. The Hall–Kier alpha value is -4.53. The summed E-state index contributed by atoms with van der Waals surface area (Å²) in [5.41, 5.74) is -1.04. The smallest absolute Gasteiger partial charge is 0.416 e. The minimum atomic E-state index is -4.56. The Morgan fingerprint density at radius 3 is 1.97 bits per heavy atom. The van der Waals surface area contributed by atoms with E-state index < -0.39 is 34.6 Å². The second-order valence-corrected chi connectivity index (χ2v) is 8.20. The molecule has 0 atom stereocenters. The first-order valence-electron chi connectivity index (χ1n) is 11.2. The number of hydrogen-bond donors (Lipinski definition) is 0. The highest BCUT2D eigenvalue weighted by atomic mass is 19.4. The first kappa shape index (κ1) is 25.6. The molecule has 0 spiro atoms. The van der Waals surface area contributed by atoms with E-state index in [2.05, 4.69) is 5.10 Å². The zero-order valence-electron chi connectivity index (χ0n) is 19.7. The quantitative estimate of drug-likeness (QED) is 0.259. The lowest BCUT2D eigenvalue weighted by Gasteiger charge is -2.18. The van der Waals surface area contributed by atoms with Gasteiger partial charge in [0, 0.05) is 12.8 Å². The molecule has 0 bridgehead atoms. The van der Waals surface area contributed by atoms with Gasteiger partial charge in [0.25, 0.3) is 0 Å². The van der Waals surface area contributed by atoms with Gasteiger partial charge in [-0.3, -0.25) is 9.59 Å². The Bertz CT molecular complexity index is 1480. The number of ether oxygens (including phenoxy) is 1. The number of ketones is 1. The fraction of sp³-hybridized carbons (Fsp3) is 0.143. The van der Waals surface area contributed by atoms with Crippen LogP contribution in [-0.2, 0) is 23.8 Å². The summed E-state index contributed by atoms with van der Waals surface area (Å²) in [7, 11) is 1.06. The maximum absolute atomic E-state index is 13.5. The van der Waals surface area contributed by atoms with Gasteiger partial charge in [0.2, 0.25) is 11.1 Å². The Balaban J connectivity index is 1.97. The monoisotopic (exact) mass is 506 g/mol. The minimum absolute atomic E-state index is 0.0570. The predicted molar refractivity (Wildman–Crippen MR) is 130 cm³/mol. The number of rotatable bonds is 7. The van der Waals surface area contributed by atoms with E-state index in [-0.39, 0.29) is 29.8 Å². The number of carbonyl (C=O) groups is 2. The van der Waals surface area contributed by atoms with Crippen LogP contribution in [0.3, 0.4) is 0 Å². The van der Waals surface area contributed by atoms with Gasteiger partial charge >= 0.3 is 12.1 Å². The van der Waals surface area contributed by atoms with Gasteiger partial charge in [-0.2, -0.15) is 18.3 Å². The van der Waals surface area contributed by atoms with Gasteiger partial charge < -0.3 is 4.74 Å². The van der Waals surface area contributed by atoms with Crippen molar-refractivity contribution in [3.05, 3.63) is 129 Å². The molecule has 0 saturated carbocycles. The van der Waals surface area contributed by atoms with E-state index >= 15 is 0 Å². The van der Waals surface area contributed by atoms with Crippen molar-refractivity contribution in [3.8, 4) is 5.69 Å². The van der Waals surface area contributed by atoms with E-state index in [0.29, 0.717) is 5.56 Å². The number of benzene rings is 3. The molecule has 37 heavy (non-hydrogen) atoms. The lowest BCUT2D eigenvalue weighted by atomic mass is 9.97. The van der Waals surface area contributed by atoms with Crippen molar-refractivity contribution in [1.82, 2.24) is 9.78 Å². The van der Waals surface area contributed by atoms with Crippen LogP contribution in [0.4, 0.5) is 13.2 Å². The molecule has 188 valence electrons. The first-order valence-corrected chi connectivity index (χ1v) is 11.2. The summed E-state index contributed by atoms with van der Waals surface area (Å²) in [6, 6.07) is 21.7. The molecular weight excluding hydrogens is 485 g/mol. The molecule has 3 aromatic carbocycles. The van der Waals surface area contributed by atoms with Gasteiger partial charge in [0.05, 0.1) is 29.6 Å². The Morgan fingerprint density at radius 1 is 0.865 bits per heavy atom. The first-order chi connectivity index (χ1) is 17.7. The molecule has 1 heterocycles. The zero-order chi connectivity index (χ0) is 26.6. The van der Waals surface area contributed by atoms with Gasteiger partial charge in [0.1, 0.15) is 0 Å². The lowest BCUT2D eigenvalue weighted by Crippen LogP contribution is -2.32. The van der Waals surface area contributed by atoms with Crippen molar-refractivity contribution in [2.24, 2.45) is 0 Å². The lowest BCUT2D eigenvalue weighted by molar-refractivity contribution is -0.137. The number of alkyl halides is 3. The molecule has 4 rings (SSSR count). The van der Waals surface area contributed by atoms with E-state index in [9.17, 15) is 27.6 Å². The molecule has 0 N–H and O–H groups in total.